The van der Waals surface area contributed by atoms with Crippen LogP contribution in [0.15, 0.2) is 9.52 Å². The van der Waals surface area contributed by atoms with Crippen LogP contribution in [0.5, 0.6) is 0 Å². The Morgan fingerprint density at radius 2 is 2.08 bits per heavy atom. The standard InChI is InChI=1S/C17H30N4O3/c1-13-16(14(2)24-21-13)6-4-8-19-17(18-3)20-9-5-10-23-15-7-11-22-12-15/h15H,4-12H2,1-3H3,(H2,18,19,20). The van der Waals surface area contributed by atoms with Gasteiger partial charge in [-0.25, -0.2) is 0 Å². The quantitative estimate of drug-likeness (QED) is 0.404. The molecular weight excluding hydrogens is 308 g/mol. The molecule has 0 radical (unpaired) electrons. The van der Waals surface area contributed by atoms with Gasteiger partial charge in [0, 0.05) is 38.9 Å². The molecule has 0 aromatic carbocycles. The number of ether oxygens (including phenoxy) is 2. The summed E-state index contributed by atoms with van der Waals surface area (Å²) >= 11 is 0. The Hall–Kier alpha value is -1.60. The molecule has 136 valence electrons. The lowest BCUT2D eigenvalue weighted by Gasteiger charge is -2.13. The van der Waals surface area contributed by atoms with Crippen LogP contribution >= 0.6 is 0 Å². The number of hydrogen-bond acceptors (Lipinski definition) is 5. The molecule has 1 atom stereocenters. The molecular formula is C17H30N4O3. The number of aromatic nitrogens is 1. The zero-order chi connectivity index (χ0) is 17.2. The molecule has 2 N–H and O–H groups in total. The fourth-order valence-corrected chi connectivity index (χ4v) is 2.72. The van der Waals surface area contributed by atoms with Gasteiger partial charge in [-0.3, -0.25) is 4.99 Å². The fraction of sp³-hybridized carbons (Fsp3) is 0.765. The molecule has 1 aliphatic rings. The molecule has 24 heavy (non-hydrogen) atoms. The van der Waals surface area contributed by atoms with Crippen LogP contribution in [0.3, 0.4) is 0 Å². The van der Waals surface area contributed by atoms with Crippen molar-refractivity contribution in [3.8, 4) is 0 Å². The van der Waals surface area contributed by atoms with Gasteiger partial charge in [-0.2, -0.15) is 0 Å². The van der Waals surface area contributed by atoms with Crippen LogP contribution in [0.25, 0.3) is 0 Å². The highest BCUT2D eigenvalue weighted by molar-refractivity contribution is 5.79. The number of nitrogens with zero attached hydrogens (tertiary/aromatic N) is 2. The third-order valence-electron chi connectivity index (χ3n) is 4.16. The second kappa shape index (κ2) is 10.3. The van der Waals surface area contributed by atoms with Gasteiger partial charge >= 0.3 is 0 Å². The Kier molecular flexibility index (Phi) is 8.04. The zero-order valence-electron chi connectivity index (χ0n) is 15.1. The minimum Gasteiger partial charge on any atom is -0.379 e. The van der Waals surface area contributed by atoms with Crippen LogP contribution in [0.1, 0.15) is 36.3 Å². The minimum absolute atomic E-state index is 0.284. The Morgan fingerprint density at radius 1 is 1.29 bits per heavy atom. The van der Waals surface area contributed by atoms with E-state index in [9.17, 15) is 0 Å². The van der Waals surface area contributed by atoms with Gasteiger partial charge in [0.1, 0.15) is 5.76 Å². The smallest absolute Gasteiger partial charge is 0.190 e. The summed E-state index contributed by atoms with van der Waals surface area (Å²) < 4.78 is 16.2. The van der Waals surface area contributed by atoms with Gasteiger partial charge < -0.3 is 24.6 Å². The van der Waals surface area contributed by atoms with Gasteiger partial charge in [0.05, 0.1) is 18.4 Å². The Labute approximate surface area is 144 Å². The van der Waals surface area contributed by atoms with Crippen molar-refractivity contribution in [1.82, 2.24) is 15.8 Å². The first-order chi connectivity index (χ1) is 11.7. The average Bonchev–Trinajstić information content (AvgIpc) is 3.20. The van der Waals surface area contributed by atoms with Gasteiger partial charge in [-0.05, 0) is 39.5 Å². The number of aryl methyl sites for hydroxylation is 2. The van der Waals surface area contributed by atoms with E-state index in [1.54, 1.807) is 7.05 Å². The van der Waals surface area contributed by atoms with Crippen LogP contribution < -0.4 is 10.6 Å². The highest BCUT2D eigenvalue weighted by Gasteiger charge is 2.15. The first kappa shape index (κ1) is 18.7. The maximum Gasteiger partial charge on any atom is 0.190 e. The van der Waals surface area contributed by atoms with Crippen LogP contribution in [0.4, 0.5) is 0 Å². The molecule has 1 aliphatic heterocycles. The third kappa shape index (κ3) is 6.13. The molecule has 1 aromatic heterocycles. The van der Waals surface area contributed by atoms with Crippen molar-refractivity contribution < 1.29 is 14.0 Å². The molecule has 2 rings (SSSR count). The molecule has 0 spiro atoms. The van der Waals surface area contributed by atoms with Crippen molar-refractivity contribution in [2.24, 2.45) is 4.99 Å². The van der Waals surface area contributed by atoms with E-state index < -0.39 is 0 Å². The van der Waals surface area contributed by atoms with Gasteiger partial charge in [0.25, 0.3) is 0 Å². The maximum absolute atomic E-state index is 5.74. The van der Waals surface area contributed by atoms with E-state index in [2.05, 4.69) is 20.8 Å². The summed E-state index contributed by atoms with van der Waals surface area (Å²) in [6, 6.07) is 0. The molecule has 7 heteroatoms. The van der Waals surface area contributed by atoms with Gasteiger partial charge in [-0.1, -0.05) is 5.16 Å². The number of guanidine groups is 1. The Morgan fingerprint density at radius 3 is 2.71 bits per heavy atom. The molecule has 0 amide bonds. The average molecular weight is 338 g/mol. The molecule has 1 fully saturated rings. The largest absolute Gasteiger partial charge is 0.379 e. The van der Waals surface area contributed by atoms with Crippen LogP contribution in [-0.4, -0.2) is 57.2 Å². The highest BCUT2D eigenvalue weighted by Crippen LogP contribution is 2.13. The van der Waals surface area contributed by atoms with Crippen molar-refractivity contribution in [3.63, 3.8) is 0 Å². The molecule has 2 heterocycles. The molecule has 1 saturated heterocycles. The van der Waals surface area contributed by atoms with Crippen molar-refractivity contribution in [2.45, 2.75) is 45.6 Å². The fourth-order valence-electron chi connectivity index (χ4n) is 2.72. The third-order valence-corrected chi connectivity index (χ3v) is 4.16. The lowest BCUT2D eigenvalue weighted by Crippen LogP contribution is -2.38. The van der Waals surface area contributed by atoms with E-state index in [0.29, 0.717) is 0 Å². The summed E-state index contributed by atoms with van der Waals surface area (Å²) in [5, 5.41) is 10.6. The number of aliphatic imine (C=N–C) groups is 1. The maximum atomic E-state index is 5.74. The zero-order valence-corrected chi connectivity index (χ0v) is 15.1. The molecule has 1 aromatic rings. The van der Waals surface area contributed by atoms with Gasteiger partial charge in [-0.15, -0.1) is 0 Å². The van der Waals surface area contributed by atoms with Crippen molar-refractivity contribution in [3.05, 3.63) is 17.0 Å². The van der Waals surface area contributed by atoms with Crippen LogP contribution in [0.2, 0.25) is 0 Å². The number of hydrogen-bond donors (Lipinski definition) is 2. The molecule has 0 saturated carbocycles. The van der Waals surface area contributed by atoms with Gasteiger partial charge in [0.15, 0.2) is 5.96 Å². The van der Waals surface area contributed by atoms with E-state index in [1.165, 1.54) is 5.56 Å². The first-order valence-electron chi connectivity index (χ1n) is 8.76. The van der Waals surface area contributed by atoms with Crippen molar-refractivity contribution >= 4 is 5.96 Å². The molecule has 7 nitrogen and oxygen atoms in total. The van der Waals surface area contributed by atoms with Crippen molar-refractivity contribution in [2.75, 3.05) is 40.0 Å². The highest BCUT2D eigenvalue weighted by atomic mass is 16.5. The van der Waals surface area contributed by atoms with Gasteiger partial charge in [0.2, 0.25) is 0 Å². The topological polar surface area (TPSA) is 80.9 Å². The summed E-state index contributed by atoms with van der Waals surface area (Å²) in [6.45, 7) is 7.97. The van der Waals surface area contributed by atoms with E-state index in [4.69, 9.17) is 14.0 Å². The number of rotatable bonds is 9. The van der Waals surface area contributed by atoms with E-state index in [0.717, 1.165) is 76.0 Å². The monoisotopic (exact) mass is 338 g/mol. The van der Waals surface area contributed by atoms with Crippen LogP contribution in [-0.2, 0) is 15.9 Å². The predicted octanol–water partition coefficient (Wildman–Crippen LogP) is 1.58. The second-order valence-electron chi connectivity index (χ2n) is 6.04. The Bertz CT molecular complexity index is 490. The second-order valence-corrected chi connectivity index (χ2v) is 6.04. The van der Waals surface area contributed by atoms with Crippen molar-refractivity contribution in [1.29, 1.82) is 0 Å². The number of nitrogens with one attached hydrogen (secondary N) is 2. The summed E-state index contributed by atoms with van der Waals surface area (Å²) in [5.41, 5.74) is 2.20. The SMILES string of the molecule is CN=C(NCCCOC1CCOC1)NCCCc1c(C)noc1C. The Balaban J connectivity index is 1.52. The summed E-state index contributed by atoms with van der Waals surface area (Å²) in [5.74, 6) is 1.75. The first-order valence-corrected chi connectivity index (χ1v) is 8.76. The van der Waals surface area contributed by atoms with E-state index >= 15 is 0 Å². The van der Waals surface area contributed by atoms with E-state index in [-0.39, 0.29) is 6.10 Å². The normalized spacial score (nSPS) is 18.1. The predicted molar refractivity (Wildman–Crippen MR) is 93.5 cm³/mol. The summed E-state index contributed by atoms with van der Waals surface area (Å²) in [4.78, 5) is 4.24. The minimum atomic E-state index is 0.284. The lowest BCUT2D eigenvalue weighted by molar-refractivity contribution is 0.0420. The molecule has 0 aliphatic carbocycles. The molecule has 1 unspecified atom stereocenters. The summed E-state index contributed by atoms with van der Waals surface area (Å²) in [7, 11) is 1.79. The molecule has 0 bridgehead atoms. The summed E-state index contributed by atoms with van der Waals surface area (Å²) in [6.07, 6.45) is 4.22. The lowest BCUT2D eigenvalue weighted by atomic mass is 10.1. The van der Waals surface area contributed by atoms with E-state index in [1.807, 2.05) is 13.8 Å². The van der Waals surface area contributed by atoms with Crippen LogP contribution in [0, 0.1) is 13.8 Å².